The predicted molar refractivity (Wildman–Crippen MR) is 98.6 cm³/mol. The van der Waals surface area contributed by atoms with Gasteiger partial charge in [-0.2, -0.15) is 24.4 Å². The lowest BCUT2D eigenvalue weighted by Gasteiger charge is -2.22. The molecule has 0 saturated carbocycles. The van der Waals surface area contributed by atoms with Crippen LogP contribution in [0.4, 0.5) is 0 Å². The number of imidazole rings is 1. The molecule has 0 bridgehead atoms. The second-order valence-corrected chi connectivity index (χ2v) is 6.66. The number of rotatable bonds is 11. The number of carbonyl (C=O) groups is 3. The van der Waals surface area contributed by atoms with Crippen LogP contribution in [0.15, 0.2) is 12.5 Å². The second kappa shape index (κ2) is 11.0. The quantitative estimate of drug-likeness (QED) is 0.266. The van der Waals surface area contributed by atoms with Crippen molar-refractivity contribution in [2.75, 3.05) is 17.8 Å². The number of carbonyl (C=O) groups excluding carboxylic acids is 2. The molecular formula is C14H23N5O4S2. The molecule has 0 spiro atoms. The number of aliphatic carboxylic acids is 1. The third-order valence-corrected chi connectivity index (χ3v) is 4.39. The van der Waals surface area contributed by atoms with E-state index in [2.05, 4.69) is 33.2 Å². The number of H-pyrrole nitrogens is 1. The van der Waals surface area contributed by atoms with Crippen molar-refractivity contribution in [3.63, 3.8) is 0 Å². The monoisotopic (exact) mass is 389 g/mol. The topological polar surface area (TPSA) is 150 Å². The maximum atomic E-state index is 12.4. The number of thioether (sulfide) groups is 1. The number of thiol groups is 1. The first kappa shape index (κ1) is 21.3. The first-order valence-corrected chi connectivity index (χ1v) is 9.57. The molecular weight excluding hydrogens is 366 g/mol. The molecule has 0 radical (unpaired) electrons. The van der Waals surface area contributed by atoms with E-state index in [0.717, 1.165) is 0 Å². The van der Waals surface area contributed by atoms with E-state index in [9.17, 15) is 14.4 Å². The number of aromatic amines is 1. The lowest BCUT2D eigenvalue weighted by molar-refractivity contribution is -0.141. The average Bonchev–Trinajstić information content (AvgIpc) is 3.09. The van der Waals surface area contributed by atoms with E-state index in [1.165, 1.54) is 12.5 Å². The van der Waals surface area contributed by atoms with Crippen molar-refractivity contribution < 1.29 is 19.5 Å². The number of nitrogens with zero attached hydrogens (tertiary/aromatic N) is 1. The molecule has 6 N–H and O–H groups in total. The fourth-order valence-electron chi connectivity index (χ4n) is 1.94. The van der Waals surface area contributed by atoms with Gasteiger partial charge < -0.3 is 26.5 Å². The number of aromatic nitrogens is 2. The van der Waals surface area contributed by atoms with Gasteiger partial charge in [-0.1, -0.05) is 0 Å². The Kier molecular flexibility index (Phi) is 9.39. The molecule has 1 aromatic rings. The highest BCUT2D eigenvalue weighted by atomic mass is 32.2. The van der Waals surface area contributed by atoms with E-state index >= 15 is 0 Å². The van der Waals surface area contributed by atoms with E-state index < -0.39 is 35.9 Å². The van der Waals surface area contributed by atoms with Crippen molar-refractivity contribution >= 4 is 42.2 Å². The van der Waals surface area contributed by atoms with Crippen LogP contribution in [0.3, 0.4) is 0 Å². The molecule has 2 amide bonds. The number of carboxylic acid groups (broad SMARTS) is 1. The molecule has 1 rings (SSSR count). The highest BCUT2D eigenvalue weighted by Crippen LogP contribution is 2.03. The van der Waals surface area contributed by atoms with Gasteiger partial charge in [0.1, 0.15) is 12.1 Å². The van der Waals surface area contributed by atoms with Crippen LogP contribution >= 0.6 is 24.4 Å². The number of carboxylic acids is 1. The fraction of sp³-hybridized carbons (Fsp3) is 0.571. The molecule has 1 heterocycles. The van der Waals surface area contributed by atoms with Gasteiger partial charge in [-0.3, -0.25) is 9.59 Å². The maximum absolute atomic E-state index is 12.4. The van der Waals surface area contributed by atoms with Gasteiger partial charge >= 0.3 is 5.97 Å². The molecule has 0 aliphatic carbocycles. The number of hydrogen-bond acceptors (Lipinski definition) is 7. The van der Waals surface area contributed by atoms with Gasteiger partial charge in [0.25, 0.3) is 0 Å². The van der Waals surface area contributed by atoms with Crippen LogP contribution in [-0.4, -0.2) is 68.7 Å². The summed E-state index contributed by atoms with van der Waals surface area (Å²) in [7, 11) is 0. The van der Waals surface area contributed by atoms with Crippen LogP contribution < -0.4 is 16.4 Å². The Morgan fingerprint density at radius 1 is 1.36 bits per heavy atom. The van der Waals surface area contributed by atoms with Crippen LogP contribution in [0, 0.1) is 0 Å². The van der Waals surface area contributed by atoms with E-state index in [-0.39, 0.29) is 12.2 Å². The normalized spacial score (nSPS) is 14.4. The van der Waals surface area contributed by atoms with Crippen LogP contribution in [0.25, 0.3) is 0 Å². The lowest BCUT2D eigenvalue weighted by atomic mass is 10.1. The Balaban J connectivity index is 2.79. The molecule has 1 aromatic heterocycles. The molecule has 0 aliphatic heterocycles. The summed E-state index contributed by atoms with van der Waals surface area (Å²) in [5.74, 6) is -1.65. The van der Waals surface area contributed by atoms with Crippen molar-refractivity contribution in [2.45, 2.75) is 31.0 Å². The Bertz CT molecular complexity index is 570. The smallest absolute Gasteiger partial charge is 0.327 e. The second-order valence-electron chi connectivity index (χ2n) is 5.31. The summed E-state index contributed by atoms with van der Waals surface area (Å²) in [6.07, 6.45) is 5.48. The minimum Gasteiger partial charge on any atom is -0.480 e. The first-order valence-electron chi connectivity index (χ1n) is 7.55. The van der Waals surface area contributed by atoms with Gasteiger partial charge in [-0.25, -0.2) is 9.78 Å². The zero-order valence-electron chi connectivity index (χ0n) is 13.8. The minimum absolute atomic E-state index is 0.0704. The molecule has 0 fully saturated rings. The van der Waals surface area contributed by atoms with Crippen molar-refractivity contribution in [3.05, 3.63) is 18.2 Å². The van der Waals surface area contributed by atoms with Gasteiger partial charge in [0.05, 0.1) is 12.4 Å². The van der Waals surface area contributed by atoms with Crippen molar-refractivity contribution in [1.29, 1.82) is 0 Å². The summed E-state index contributed by atoms with van der Waals surface area (Å²) < 4.78 is 0. The third-order valence-electron chi connectivity index (χ3n) is 3.38. The van der Waals surface area contributed by atoms with Gasteiger partial charge in [0.15, 0.2) is 0 Å². The van der Waals surface area contributed by atoms with E-state index in [1.54, 1.807) is 11.8 Å². The molecule has 25 heavy (non-hydrogen) atoms. The van der Waals surface area contributed by atoms with Crippen LogP contribution in [0.5, 0.6) is 0 Å². The van der Waals surface area contributed by atoms with E-state index in [0.29, 0.717) is 17.9 Å². The summed E-state index contributed by atoms with van der Waals surface area (Å²) in [6, 6.07) is -2.87. The molecule has 140 valence electrons. The Morgan fingerprint density at radius 2 is 2.04 bits per heavy atom. The summed E-state index contributed by atoms with van der Waals surface area (Å²) in [5, 5.41) is 14.0. The highest BCUT2D eigenvalue weighted by Gasteiger charge is 2.27. The number of nitrogens with one attached hydrogen (secondary N) is 3. The van der Waals surface area contributed by atoms with Crippen LogP contribution in [-0.2, 0) is 20.8 Å². The number of amides is 2. The van der Waals surface area contributed by atoms with E-state index in [1.807, 2.05) is 6.26 Å². The lowest BCUT2D eigenvalue weighted by Crippen LogP contribution is -2.55. The van der Waals surface area contributed by atoms with Gasteiger partial charge in [-0.15, -0.1) is 0 Å². The molecule has 0 aliphatic rings. The molecule has 3 atom stereocenters. The molecule has 9 nitrogen and oxygen atoms in total. The van der Waals surface area contributed by atoms with Gasteiger partial charge in [0.2, 0.25) is 11.8 Å². The van der Waals surface area contributed by atoms with Gasteiger partial charge in [-0.05, 0) is 18.4 Å². The molecule has 0 unspecified atom stereocenters. The minimum atomic E-state index is -1.20. The molecule has 0 aromatic carbocycles. The van der Waals surface area contributed by atoms with Gasteiger partial charge in [0, 0.05) is 24.1 Å². The van der Waals surface area contributed by atoms with Crippen LogP contribution in [0.2, 0.25) is 0 Å². The van der Waals surface area contributed by atoms with E-state index in [4.69, 9.17) is 10.8 Å². The zero-order chi connectivity index (χ0) is 18.8. The number of nitrogens with two attached hydrogens (primary N) is 1. The van der Waals surface area contributed by atoms with Crippen molar-refractivity contribution in [2.24, 2.45) is 5.73 Å². The average molecular weight is 390 g/mol. The number of hydrogen-bond donors (Lipinski definition) is 6. The third kappa shape index (κ3) is 7.36. The predicted octanol–water partition coefficient (Wildman–Crippen LogP) is -0.983. The highest BCUT2D eigenvalue weighted by molar-refractivity contribution is 7.98. The maximum Gasteiger partial charge on any atom is 0.327 e. The summed E-state index contributed by atoms with van der Waals surface area (Å²) in [5.41, 5.74) is 6.44. The fourth-order valence-corrected chi connectivity index (χ4v) is 2.68. The summed E-state index contributed by atoms with van der Waals surface area (Å²) in [4.78, 5) is 42.4. The van der Waals surface area contributed by atoms with Crippen molar-refractivity contribution in [1.82, 2.24) is 20.6 Å². The zero-order valence-corrected chi connectivity index (χ0v) is 15.5. The SMILES string of the molecule is CSCC[C@H](N)C(=O)N[C@@H](Cc1cnc[nH]1)C(=O)N[C@@H](CS)C(=O)O. The Morgan fingerprint density at radius 3 is 2.56 bits per heavy atom. The Hall–Kier alpha value is -1.72. The molecule has 0 saturated heterocycles. The summed E-state index contributed by atoms with van der Waals surface area (Å²) in [6.45, 7) is 0. The largest absolute Gasteiger partial charge is 0.480 e. The Labute approximate surface area is 155 Å². The standard InChI is InChI=1S/C14H23N5O4S2/c1-25-3-2-9(15)12(20)18-10(4-8-5-16-7-17-8)13(21)19-11(6-24)14(22)23/h5,7,9-11,24H,2-4,6,15H2,1H3,(H,16,17)(H,18,20)(H,19,21)(H,22,23)/t9-,10-,11-/m0/s1. The van der Waals surface area contributed by atoms with Crippen molar-refractivity contribution in [3.8, 4) is 0 Å². The van der Waals surface area contributed by atoms with Crippen LogP contribution in [0.1, 0.15) is 12.1 Å². The molecule has 11 heteroatoms. The summed E-state index contributed by atoms with van der Waals surface area (Å²) >= 11 is 5.47. The first-order chi connectivity index (χ1) is 11.9.